The maximum atomic E-state index is 12.3. The standard InChI is InChI=1S/C18H19NO5/c1-3-16(24-15-6-4-5-14(11-15)23-2)17(20)19-13-9-7-12(8-10-13)18(21)22/h4-11,16H,3H2,1-2H3,(H,19,20)(H,21,22)/t16-/m0/s1. The van der Waals surface area contributed by atoms with Crippen molar-refractivity contribution in [2.24, 2.45) is 0 Å². The molecule has 1 atom stereocenters. The average Bonchev–Trinajstić information content (AvgIpc) is 2.60. The summed E-state index contributed by atoms with van der Waals surface area (Å²) in [6.45, 7) is 1.85. The number of carbonyl (C=O) groups excluding carboxylic acids is 1. The average molecular weight is 329 g/mol. The Balaban J connectivity index is 2.03. The third kappa shape index (κ3) is 4.49. The first-order valence-electron chi connectivity index (χ1n) is 7.48. The Morgan fingerprint density at radius 2 is 1.79 bits per heavy atom. The molecule has 0 saturated carbocycles. The fraction of sp³-hybridized carbons (Fsp3) is 0.222. The van der Waals surface area contributed by atoms with Crippen LogP contribution in [-0.2, 0) is 4.79 Å². The van der Waals surface area contributed by atoms with Crippen molar-refractivity contribution in [2.75, 3.05) is 12.4 Å². The molecule has 2 aromatic rings. The van der Waals surface area contributed by atoms with Gasteiger partial charge in [0.25, 0.3) is 5.91 Å². The number of carbonyl (C=O) groups is 2. The monoisotopic (exact) mass is 329 g/mol. The molecule has 6 heteroatoms. The largest absolute Gasteiger partial charge is 0.497 e. The van der Waals surface area contributed by atoms with Gasteiger partial charge in [-0.3, -0.25) is 4.79 Å². The first-order chi connectivity index (χ1) is 11.5. The summed E-state index contributed by atoms with van der Waals surface area (Å²) in [5, 5.41) is 11.6. The van der Waals surface area contributed by atoms with E-state index in [2.05, 4.69) is 5.32 Å². The zero-order valence-corrected chi connectivity index (χ0v) is 13.5. The Bertz CT molecular complexity index is 712. The van der Waals surface area contributed by atoms with Crippen molar-refractivity contribution < 1.29 is 24.2 Å². The molecule has 0 unspecified atom stereocenters. The second-order valence-corrected chi connectivity index (χ2v) is 5.07. The van der Waals surface area contributed by atoms with Gasteiger partial charge < -0.3 is 19.9 Å². The van der Waals surface area contributed by atoms with E-state index in [0.717, 1.165) is 0 Å². The molecule has 0 aromatic heterocycles. The second kappa shape index (κ2) is 8.01. The summed E-state index contributed by atoms with van der Waals surface area (Å²) in [5.41, 5.74) is 0.672. The van der Waals surface area contributed by atoms with Crippen LogP contribution in [0.25, 0.3) is 0 Å². The molecule has 0 heterocycles. The summed E-state index contributed by atoms with van der Waals surface area (Å²) < 4.78 is 10.8. The number of carboxylic acid groups (broad SMARTS) is 1. The minimum atomic E-state index is -1.01. The normalized spacial score (nSPS) is 11.4. The highest BCUT2D eigenvalue weighted by molar-refractivity contribution is 5.95. The minimum absolute atomic E-state index is 0.160. The van der Waals surface area contributed by atoms with Crippen LogP contribution < -0.4 is 14.8 Å². The van der Waals surface area contributed by atoms with E-state index in [4.69, 9.17) is 14.6 Å². The molecule has 6 nitrogen and oxygen atoms in total. The van der Waals surface area contributed by atoms with Gasteiger partial charge >= 0.3 is 5.97 Å². The van der Waals surface area contributed by atoms with Crippen molar-refractivity contribution in [3.63, 3.8) is 0 Å². The summed E-state index contributed by atoms with van der Waals surface area (Å²) in [4.78, 5) is 23.2. The van der Waals surface area contributed by atoms with Gasteiger partial charge in [0.05, 0.1) is 12.7 Å². The summed E-state index contributed by atoms with van der Waals surface area (Å²) in [7, 11) is 1.56. The molecule has 2 N–H and O–H groups in total. The van der Waals surface area contributed by atoms with Crippen LogP contribution in [-0.4, -0.2) is 30.2 Å². The Hall–Kier alpha value is -3.02. The number of ether oxygens (including phenoxy) is 2. The molecule has 0 saturated heterocycles. The molecule has 0 radical (unpaired) electrons. The molecule has 2 aromatic carbocycles. The molecule has 2 rings (SSSR count). The van der Waals surface area contributed by atoms with E-state index in [1.807, 2.05) is 6.92 Å². The molecular weight excluding hydrogens is 310 g/mol. The quantitative estimate of drug-likeness (QED) is 0.815. The zero-order chi connectivity index (χ0) is 17.5. The van der Waals surface area contributed by atoms with Crippen LogP contribution >= 0.6 is 0 Å². The SMILES string of the molecule is CC[C@H](Oc1cccc(OC)c1)C(=O)Nc1ccc(C(=O)O)cc1. The molecule has 24 heavy (non-hydrogen) atoms. The molecule has 0 fully saturated rings. The van der Waals surface area contributed by atoms with Crippen molar-refractivity contribution in [1.29, 1.82) is 0 Å². The lowest BCUT2D eigenvalue weighted by Gasteiger charge is -2.17. The zero-order valence-electron chi connectivity index (χ0n) is 13.5. The summed E-state index contributed by atoms with van der Waals surface area (Å²) in [6.07, 6.45) is -0.188. The summed E-state index contributed by atoms with van der Waals surface area (Å²) in [6, 6.07) is 13.0. The maximum Gasteiger partial charge on any atom is 0.335 e. The van der Waals surface area contributed by atoms with E-state index in [1.54, 1.807) is 43.5 Å². The fourth-order valence-corrected chi connectivity index (χ4v) is 2.08. The van der Waals surface area contributed by atoms with Gasteiger partial charge in [-0.25, -0.2) is 4.79 Å². The number of rotatable bonds is 7. The van der Waals surface area contributed by atoms with E-state index in [-0.39, 0.29) is 11.5 Å². The third-order valence-electron chi connectivity index (χ3n) is 3.38. The first-order valence-corrected chi connectivity index (χ1v) is 7.48. The van der Waals surface area contributed by atoms with Crippen LogP contribution in [0.5, 0.6) is 11.5 Å². The lowest BCUT2D eigenvalue weighted by molar-refractivity contribution is -0.122. The first kappa shape index (κ1) is 17.3. The fourth-order valence-electron chi connectivity index (χ4n) is 2.08. The Kier molecular flexibility index (Phi) is 5.78. The molecule has 0 aliphatic carbocycles. The van der Waals surface area contributed by atoms with Crippen LogP contribution in [0.4, 0.5) is 5.69 Å². The minimum Gasteiger partial charge on any atom is -0.497 e. The highest BCUT2D eigenvalue weighted by atomic mass is 16.5. The Morgan fingerprint density at radius 1 is 1.12 bits per heavy atom. The lowest BCUT2D eigenvalue weighted by atomic mass is 10.2. The number of hydrogen-bond donors (Lipinski definition) is 2. The summed E-state index contributed by atoms with van der Waals surface area (Å²) >= 11 is 0. The smallest absolute Gasteiger partial charge is 0.335 e. The lowest BCUT2D eigenvalue weighted by Crippen LogP contribution is -2.32. The van der Waals surface area contributed by atoms with Gasteiger partial charge in [0.15, 0.2) is 6.10 Å². The van der Waals surface area contributed by atoms with E-state index < -0.39 is 12.1 Å². The van der Waals surface area contributed by atoms with Gasteiger partial charge in [-0.2, -0.15) is 0 Å². The van der Waals surface area contributed by atoms with Crippen molar-refractivity contribution in [2.45, 2.75) is 19.4 Å². The van der Waals surface area contributed by atoms with Gasteiger partial charge in [0.2, 0.25) is 0 Å². The molecule has 126 valence electrons. The van der Waals surface area contributed by atoms with Gasteiger partial charge in [-0.1, -0.05) is 13.0 Å². The Labute approximate surface area is 140 Å². The number of methoxy groups -OCH3 is 1. The van der Waals surface area contributed by atoms with Crippen LogP contribution in [0.1, 0.15) is 23.7 Å². The Morgan fingerprint density at radius 3 is 2.38 bits per heavy atom. The third-order valence-corrected chi connectivity index (χ3v) is 3.38. The summed E-state index contributed by atoms with van der Waals surface area (Å²) in [5.74, 6) is -0.131. The number of hydrogen-bond acceptors (Lipinski definition) is 4. The van der Waals surface area contributed by atoms with Crippen molar-refractivity contribution in [1.82, 2.24) is 0 Å². The maximum absolute atomic E-state index is 12.3. The molecule has 0 aliphatic heterocycles. The number of carboxylic acids is 1. The van der Waals surface area contributed by atoms with Gasteiger partial charge in [0.1, 0.15) is 11.5 Å². The second-order valence-electron chi connectivity index (χ2n) is 5.07. The number of aromatic carboxylic acids is 1. The van der Waals surface area contributed by atoms with Crippen LogP contribution in [0.15, 0.2) is 48.5 Å². The number of amides is 1. The molecule has 0 bridgehead atoms. The molecule has 0 spiro atoms. The topological polar surface area (TPSA) is 84.9 Å². The van der Waals surface area contributed by atoms with Crippen LogP contribution in [0.2, 0.25) is 0 Å². The van der Waals surface area contributed by atoms with Crippen molar-refractivity contribution in [3.05, 3.63) is 54.1 Å². The predicted molar refractivity (Wildman–Crippen MR) is 89.7 cm³/mol. The number of anilines is 1. The van der Waals surface area contributed by atoms with Gasteiger partial charge in [0, 0.05) is 11.8 Å². The van der Waals surface area contributed by atoms with Crippen LogP contribution in [0.3, 0.4) is 0 Å². The molecule has 0 aliphatic rings. The van der Waals surface area contributed by atoms with Crippen molar-refractivity contribution >= 4 is 17.6 Å². The van der Waals surface area contributed by atoms with E-state index in [9.17, 15) is 9.59 Å². The molecule has 1 amide bonds. The van der Waals surface area contributed by atoms with E-state index >= 15 is 0 Å². The predicted octanol–water partition coefficient (Wildman–Crippen LogP) is 3.19. The van der Waals surface area contributed by atoms with Gasteiger partial charge in [-0.05, 0) is 42.8 Å². The molecular formula is C18H19NO5. The highest BCUT2D eigenvalue weighted by Crippen LogP contribution is 2.21. The number of benzene rings is 2. The van der Waals surface area contributed by atoms with Crippen molar-refractivity contribution in [3.8, 4) is 11.5 Å². The van der Waals surface area contributed by atoms with Crippen LogP contribution in [0, 0.1) is 0 Å². The van der Waals surface area contributed by atoms with E-state index in [0.29, 0.717) is 23.6 Å². The highest BCUT2D eigenvalue weighted by Gasteiger charge is 2.19. The van der Waals surface area contributed by atoms with Gasteiger partial charge in [-0.15, -0.1) is 0 Å². The van der Waals surface area contributed by atoms with E-state index in [1.165, 1.54) is 12.1 Å². The number of nitrogens with one attached hydrogen (secondary N) is 1.